The molecule has 0 aliphatic heterocycles. The van der Waals surface area contributed by atoms with Crippen LogP contribution in [-0.2, 0) is 4.74 Å². The van der Waals surface area contributed by atoms with Crippen molar-refractivity contribution < 1.29 is 4.74 Å². The Labute approximate surface area is 50.6 Å². The van der Waals surface area contributed by atoms with Gasteiger partial charge in [-0.1, -0.05) is 13.8 Å². The van der Waals surface area contributed by atoms with Gasteiger partial charge in [-0.05, 0) is 0 Å². The monoisotopic (exact) mass is 115 g/mol. The first-order chi connectivity index (χ1) is 3.72. The van der Waals surface area contributed by atoms with E-state index in [2.05, 4.69) is 4.99 Å². The normalized spacial score (nSPS) is 12.4. The minimum Gasteiger partial charge on any atom is -0.484 e. The molecule has 0 radical (unpaired) electrons. The highest BCUT2D eigenvalue weighted by molar-refractivity contribution is 5.77. The summed E-state index contributed by atoms with van der Waals surface area (Å²) in [5, 5.41) is 0. The first-order valence-corrected chi connectivity index (χ1v) is 2.73. The lowest BCUT2D eigenvalue weighted by atomic mass is 10.2. The van der Waals surface area contributed by atoms with Crippen LogP contribution in [0.5, 0.6) is 0 Å². The average Bonchev–Trinajstić information content (AvgIpc) is 1.69. The first kappa shape index (κ1) is 7.47. The average molecular weight is 115 g/mol. The Morgan fingerprint density at radius 2 is 2.00 bits per heavy atom. The molecule has 0 aromatic rings. The number of hydrogen-bond acceptors (Lipinski definition) is 2. The van der Waals surface area contributed by atoms with Crippen molar-refractivity contribution in [3.63, 3.8) is 0 Å². The van der Waals surface area contributed by atoms with Crippen LogP contribution in [0, 0.1) is 5.92 Å². The molecular formula is C6H13NO. The van der Waals surface area contributed by atoms with Crippen LogP contribution in [0.25, 0.3) is 0 Å². The Kier molecular flexibility index (Phi) is 3.24. The lowest BCUT2D eigenvalue weighted by Crippen LogP contribution is -2.08. The first-order valence-electron chi connectivity index (χ1n) is 2.73. The highest BCUT2D eigenvalue weighted by Crippen LogP contribution is 1.95. The summed E-state index contributed by atoms with van der Waals surface area (Å²) >= 11 is 0. The van der Waals surface area contributed by atoms with Gasteiger partial charge in [0.05, 0.1) is 7.11 Å². The minimum atomic E-state index is 0.407. The van der Waals surface area contributed by atoms with E-state index < -0.39 is 0 Å². The van der Waals surface area contributed by atoms with Gasteiger partial charge < -0.3 is 4.74 Å². The molecule has 2 heteroatoms. The minimum absolute atomic E-state index is 0.407. The predicted molar refractivity (Wildman–Crippen MR) is 35.2 cm³/mol. The van der Waals surface area contributed by atoms with E-state index in [9.17, 15) is 0 Å². The molecule has 0 aliphatic rings. The van der Waals surface area contributed by atoms with Crippen molar-refractivity contribution in [2.75, 3.05) is 14.2 Å². The van der Waals surface area contributed by atoms with E-state index in [4.69, 9.17) is 4.74 Å². The van der Waals surface area contributed by atoms with Gasteiger partial charge >= 0.3 is 0 Å². The zero-order valence-corrected chi connectivity index (χ0v) is 5.93. The van der Waals surface area contributed by atoms with Crippen molar-refractivity contribution in [2.24, 2.45) is 10.9 Å². The summed E-state index contributed by atoms with van der Waals surface area (Å²) in [6.07, 6.45) is 0. The molecule has 0 rings (SSSR count). The van der Waals surface area contributed by atoms with Crippen molar-refractivity contribution in [3.05, 3.63) is 0 Å². The Morgan fingerprint density at radius 3 is 2.00 bits per heavy atom. The molecule has 8 heavy (non-hydrogen) atoms. The smallest absolute Gasteiger partial charge is 0.185 e. The molecule has 0 heterocycles. The fraction of sp³-hybridized carbons (Fsp3) is 0.833. The summed E-state index contributed by atoms with van der Waals surface area (Å²) in [6, 6.07) is 0. The molecule has 0 N–H and O–H groups in total. The standard InChI is InChI=1S/C6H13NO/c1-5(2)6(7-3)8-4/h5H,1-4H3/b7-6+. The van der Waals surface area contributed by atoms with Crippen molar-refractivity contribution in [1.29, 1.82) is 0 Å². The fourth-order valence-electron chi connectivity index (χ4n) is 0.585. The molecule has 0 bridgehead atoms. The van der Waals surface area contributed by atoms with E-state index >= 15 is 0 Å². The van der Waals surface area contributed by atoms with Gasteiger partial charge in [0.15, 0.2) is 5.90 Å². The SMILES string of the molecule is C/N=C(/OC)C(C)C. The number of hydrogen-bond donors (Lipinski definition) is 0. The van der Waals surface area contributed by atoms with E-state index in [-0.39, 0.29) is 0 Å². The highest BCUT2D eigenvalue weighted by atomic mass is 16.5. The maximum atomic E-state index is 4.91. The molecule has 0 atom stereocenters. The summed E-state index contributed by atoms with van der Waals surface area (Å²) in [5.74, 6) is 1.22. The van der Waals surface area contributed by atoms with Gasteiger partial charge in [-0.2, -0.15) is 0 Å². The number of nitrogens with zero attached hydrogens (tertiary/aromatic N) is 1. The molecule has 48 valence electrons. The molecule has 0 aromatic heterocycles. The Bertz CT molecular complexity index is 86.5. The third-order valence-corrected chi connectivity index (χ3v) is 0.923. The third-order valence-electron chi connectivity index (χ3n) is 0.923. The molecule has 0 spiro atoms. The van der Waals surface area contributed by atoms with Crippen LogP contribution in [0.2, 0.25) is 0 Å². The van der Waals surface area contributed by atoms with Crippen molar-refractivity contribution >= 4 is 5.90 Å². The van der Waals surface area contributed by atoms with Gasteiger partial charge in [0, 0.05) is 13.0 Å². The quantitative estimate of drug-likeness (QED) is 0.373. The van der Waals surface area contributed by atoms with E-state index in [0.717, 1.165) is 5.90 Å². The molecular weight excluding hydrogens is 102 g/mol. The largest absolute Gasteiger partial charge is 0.484 e. The maximum absolute atomic E-state index is 4.91. The maximum Gasteiger partial charge on any atom is 0.185 e. The van der Waals surface area contributed by atoms with Crippen LogP contribution in [0.15, 0.2) is 4.99 Å². The van der Waals surface area contributed by atoms with Gasteiger partial charge in [0.2, 0.25) is 0 Å². The second-order valence-electron chi connectivity index (χ2n) is 1.92. The van der Waals surface area contributed by atoms with Crippen molar-refractivity contribution in [1.82, 2.24) is 0 Å². The molecule has 2 nitrogen and oxygen atoms in total. The van der Waals surface area contributed by atoms with Gasteiger partial charge in [0.25, 0.3) is 0 Å². The zero-order valence-electron chi connectivity index (χ0n) is 5.93. The lowest BCUT2D eigenvalue weighted by molar-refractivity contribution is 0.374. The van der Waals surface area contributed by atoms with Gasteiger partial charge in [-0.3, -0.25) is 4.99 Å². The molecule has 0 saturated carbocycles. The summed E-state index contributed by atoms with van der Waals surface area (Å²) < 4.78 is 4.91. The summed E-state index contributed by atoms with van der Waals surface area (Å²) in [5.41, 5.74) is 0. The second kappa shape index (κ2) is 3.47. The Balaban J connectivity index is 3.72. The van der Waals surface area contributed by atoms with Crippen molar-refractivity contribution in [3.8, 4) is 0 Å². The fourth-order valence-corrected chi connectivity index (χ4v) is 0.585. The molecule has 0 fully saturated rings. The molecule has 0 amide bonds. The predicted octanol–water partition coefficient (Wildman–Crippen LogP) is 1.32. The third kappa shape index (κ3) is 1.96. The summed E-state index contributed by atoms with van der Waals surface area (Å²) in [7, 11) is 3.38. The van der Waals surface area contributed by atoms with Crippen LogP contribution < -0.4 is 0 Å². The van der Waals surface area contributed by atoms with Gasteiger partial charge in [-0.25, -0.2) is 0 Å². The molecule has 0 aliphatic carbocycles. The van der Waals surface area contributed by atoms with E-state index in [1.54, 1.807) is 14.2 Å². The van der Waals surface area contributed by atoms with Crippen LogP contribution in [0.3, 0.4) is 0 Å². The van der Waals surface area contributed by atoms with Crippen LogP contribution in [0.1, 0.15) is 13.8 Å². The molecule has 0 aromatic carbocycles. The van der Waals surface area contributed by atoms with Gasteiger partial charge in [-0.15, -0.1) is 0 Å². The van der Waals surface area contributed by atoms with E-state index in [1.165, 1.54) is 0 Å². The van der Waals surface area contributed by atoms with Crippen LogP contribution in [0.4, 0.5) is 0 Å². The van der Waals surface area contributed by atoms with Gasteiger partial charge in [0.1, 0.15) is 0 Å². The topological polar surface area (TPSA) is 21.6 Å². The number of aliphatic imine (C=N–C) groups is 1. The number of rotatable bonds is 1. The highest BCUT2D eigenvalue weighted by Gasteiger charge is 2.00. The Morgan fingerprint density at radius 1 is 1.50 bits per heavy atom. The second-order valence-corrected chi connectivity index (χ2v) is 1.92. The van der Waals surface area contributed by atoms with Crippen LogP contribution in [-0.4, -0.2) is 20.1 Å². The number of ether oxygens (including phenoxy) is 1. The Hall–Kier alpha value is -0.530. The molecule has 0 saturated heterocycles. The van der Waals surface area contributed by atoms with E-state index in [1.807, 2.05) is 13.8 Å². The number of methoxy groups -OCH3 is 1. The summed E-state index contributed by atoms with van der Waals surface area (Å²) in [6.45, 7) is 4.09. The zero-order chi connectivity index (χ0) is 6.57. The lowest BCUT2D eigenvalue weighted by Gasteiger charge is -2.05. The van der Waals surface area contributed by atoms with Crippen molar-refractivity contribution in [2.45, 2.75) is 13.8 Å². The summed E-state index contributed by atoms with van der Waals surface area (Å²) in [4.78, 5) is 3.90. The molecule has 0 unspecified atom stereocenters. The van der Waals surface area contributed by atoms with Crippen LogP contribution >= 0.6 is 0 Å². The van der Waals surface area contributed by atoms with E-state index in [0.29, 0.717) is 5.92 Å².